The molecular formula is C24H28O8. The van der Waals surface area contributed by atoms with Crippen molar-refractivity contribution in [2.24, 2.45) is 0 Å². The minimum absolute atomic E-state index is 0.0239. The lowest BCUT2D eigenvalue weighted by Crippen LogP contribution is -2.11. The van der Waals surface area contributed by atoms with E-state index in [9.17, 15) is 0 Å². The number of ether oxygens (including phenoxy) is 4. The van der Waals surface area contributed by atoms with E-state index in [1.54, 1.807) is 24.3 Å². The number of aliphatic hydroxyl groups is 2. The second kappa shape index (κ2) is 13.4. The minimum atomic E-state index is -0.0401. The van der Waals surface area contributed by atoms with Gasteiger partial charge in [-0.15, -0.1) is 0 Å². The lowest BCUT2D eigenvalue weighted by atomic mass is 10.1. The van der Waals surface area contributed by atoms with E-state index in [0.29, 0.717) is 30.5 Å². The fourth-order valence-electron chi connectivity index (χ4n) is 2.94. The topological polar surface area (TPSA) is 95.8 Å². The molecule has 0 bridgehead atoms. The summed E-state index contributed by atoms with van der Waals surface area (Å²) in [5, 5.41) is 19.6. The Bertz CT molecular complexity index is 929. The standard InChI is InChI=1S/C24H28O8/c25-11-13-27-19-5-7-20(8-6-19)28-15-17-31-32-18-16-30-24-10-9-23(29-14-12-26)21-3-1-2-4-22(21)24/h1-10,25-26H,11-18H2. The third kappa shape index (κ3) is 7.28. The fraction of sp³-hybridized carbons (Fsp3) is 0.333. The number of benzene rings is 3. The van der Waals surface area contributed by atoms with Crippen LogP contribution in [0.1, 0.15) is 0 Å². The number of hydrogen-bond acceptors (Lipinski definition) is 8. The summed E-state index contributed by atoms with van der Waals surface area (Å²) in [5.41, 5.74) is 0. The molecule has 0 saturated heterocycles. The summed E-state index contributed by atoms with van der Waals surface area (Å²) >= 11 is 0. The third-order valence-corrected chi connectivity index (χ3v) is 4.32. The fourth-order valence-corrected chi connectivity index (χ4v) is 2.94. The van der Waals surface area contributed by atoms with E-state index in [0.717, 1.165) is 16.5 Å². The van der Waals surface area contributed by atoms with E-state index in [1.165, 1.54) is 0 Å². The molecule has 3 rings (SSSR count). The molecule has 0 aromatic heterocycles. The van der Waals surface area contributed by atoms with Gasteiger partial charge >= 0.3 is 0 Å². The van der Waals surface area contributed by atoms with Crippen molar-refractivity contribution < 1.29 is 38.9 Å². The average Bonchev–Trinajstić information content (AvgIpc) is 2.84. The summed E-state index contributed by atoms with van der Waals surface area (Å²) in [7, 11) is 0. The van der Waals surface area contributed by atoms with E-state index in [-0.39, 0.29) is 39.6 Å². The van der Waals surface area contributed by atoms with Crippen LogP contribution in [0.5, 0.6) is 23.0 Å². The zero-order chi connectivity index (χ0) is 22.4. The Morgan fingerprint density at radius 2 is 0.906 bits per heavy atom. The molecule has 32 heavy (non-hydrogen) atoms. The molecule has 0 unspecified atom stereocenters. The molecule has 0 radical (unpaired) electrons. The van der Waals surface area contributed by atoms with Crippen molar-refractivity contribution in [2.75, 3.05) is 52.9 Å². The van der Waals surface area contributed by atoms with E-state index in [4.69, 9.17) is 38.9 Å². The molecule has 0 aliphatic rings. The average molecular weight is 444 g/mol. The molecule has 3 aromatic rings. The first-order valence-electron chi connectivity index (χ1n) is 10.4. The Morgan fingerprint density at radius 3 is 1.44 bits per heavy atom. The number of hydrogen-bond donors (Lipinski definition) is 2. The summed E-state index contributed by atoms with van der Waals surface area (Å²) in [5.74, 6) is 2.78. The van der Waals surface area contributed by atoms with Crippen LogP contribution in [0, 0.1) is 0 Å². The van der Waals surface area contributed by atoms with Crippen LogP contribution in [0.25, 0.3) is 10.8 Å². The Balaban J connectivity index is 1.33. The molecule has 0 fully saturated rings. The van der Waals surface area contributed by atoms with Crippen molar-refractivity contribution in [3.63, 3.8) is 0 Å². The second-order valence-corrected chi connectivity index (χ2v) is 6.56. The molecule has 0 aliphatic carbocycles. The van der Waals surface area contributed by atoms with Crippen LogP contribution in [0.3, 0.4) is 0 Å². The first-order chi connectivity index (χ1) is 15.8. The first kappa shape index (κ1) is 23.6. The zero-order valence-electron chi connectivity index (χ0n) is 17.8. The molecule has 0 spiro atoms. The van der Waals surface area contributed by atoms with E-state index in [2.05, 4.69) is 0 Å². The van der Waals surface area contributed by atoms with Crippen LogP contribution in [0.15, 0.2) is 60.7 Å². The predicted molar refractivity (Wildman–Crippen MR) is 118 cm³/mol. The number of aliphatic hydroxyl groups excluding tert-OH is 2. The van der Waals surface area contributed by atoms with E-state index >= 15 is 0 Å². The Hall–Kier alpha value is -3.04. The summed E-state index contributed by atoms with van der Waals surface area (Å²) in [6, 6.07) is 18.5. The van der Waals surface area contributed by atoms with Crippen LogP contribution in [0.4, 0.5) is 0 Å². The summed E-state index contributed by atoms with van der Waals surface area (Å²) in [6.45, 7) is 1.61. The van der Waals surface area contributed by atoms with Gasteiger partial charge in [0.2, 0.25) is 0 Å². The van der Waals surface area contributed by atoms with E-state index in [1.807, 2.05) is 36.4 Å². The highest BCUT2D eigenvalue weighted by Crippen LogP contribution is 2.33. The maximum atomic E-state index is 8.97. The van der Waals surface area contributed by atoms with Gasteiger partial charge in [0.05, 0.1) is 13.2 Å². The van der Waals surface area contributed by atoms with Crippen molar-refractivity contribution in [2.45, 2.75) is 0 Å². The minimum Gasteiger partial charge on any atom is -0.491 e. The maximum absolute atomic E-state index is 8.97. The Morgan fingerprint density at radius 1 is 0.469 bits per heavy atom. The van der Waals surface area contributed by atoms with Crippen LogP contribution in [-0.2, 0) is 9.78 Å². The largest absolute Gasteiger partial charge is 0.491 e. The first-order valence-corrected chi connectivity index (χ1v) is 10.4. The van der Waals surface area contributed by atoms with Gasteiger partial charge in [-0.1, -0.05) is 24.3 Å². The number of rotatable bonds is 15. The predicted octanol–water partition coefficient (Wildman–Crippen LogP) is 2.99. The maximum Gasteiger partial charge on any atom is 0.127 e. The molecular weight excluding hydrogens is 416 g/mol. The van der Waals surface area contributed by atoms with Gasteiger partial charge in [0.15, 0.2) is 0 Å². The highest BCUT2D eigenvalue weighted by molar-refractivity contribution is 5.93. The Labute approximate surface area is 186 Å². The van der Waals surface area contributed by atoms with Gasteiger partial charge < -0.3 is 29.2 Å². The van der Waals surface area contributed by atoms with Gasteiger partial charge in [0.25, 0.3) is 0 Å². The molecule has 0 atom stereocenters. The van der Waals surface area contributed by atoms with Gasteiger partial charge in [-0.05, 0) is 36.4 Å². The zero-order valence-corrected chi connectivity index (χ0v) is 17.8. The molecule has 8 heteroatoms. The van der Waals surface area contributed by atoms with Crippen LogP contribution in [-0.4, -0.2) is 63.1 Å². The summed E-state index contributed by atoms with van der Waals surface area (Å²) in [6.07, 6.45) is 0. The van der Waals surface area contributed by atoms with Gasteiger partial charge in [-0.25, -0.2) is 9.78 Å². The molecule has 172 valence electrons. The third-order valence-electron chi connectivity index (χ3n) is 4.32. The molecule has 2 N–H and O–H groups in total. The molecule has 0 amide bonds. The SMILES string of the molecule is OCCOc1ccc(OCCOOCCOc2ccc(OCCO)c3ccccc23)cc1. The van der Waals surface area contributed by atoms with Gasteiger partial charge in [0.1, 0.15) is 62.6 Å². The molecule has 3 aromatic carbocycles. The smallest absolute Gasteiger partial charge is 0.127 e. The Kier molecular flexibility index (Phi) is 9.88. The normalized spacial score (nSPS) is 10.8. The van der Waals surface area contributed by atoms with Crippen LogP contribution < -0.4 is 18.9 Å². The van der Waals surface area contributed by atoms with Crippen molar-refractivity contribution in [1.82, 2.24) is 0 Å². The van der Waals surface area contributed by atoms with Gasteiger partial charge in [-0.2, -0.15) is 0 Å². The van der Waals surface area contributed by atoms with Crippen molar-refractivity contribution in [1.29, 1.82) is 0 Å². The van der Waals surface area contributed by atoms with Gasteiger partial charge in [-0.3, -0.25) is 0 Å². The van der Waals surface area contributed by atoms with Crippen LogP contribution >= 0.6 is 0 Å². The van der Waals surface area contributed by atoms with Gasteiger partial charge in [0, 0.05) is 10.8 Å². The second-order valence-electron chi connectivity index (χ2n) is 6.56. The lowest BCUT2D eigenvalue weighted by Gasteiger charge is -2.13. The van der Waals surface area contributed by atoms with Crippen molar-refractivity contribution in [3.8, 4) is 23.0 Å². The molecule has 0 aliphatic heterocycles. The highest BCUT2D eigenvalue weighted by atomic mass is 17.2. The summed E-state index contributed by atoms with van der Waals surface area (Å²) in [4.78, 5) is 10.3. The van der Waals surface area contributed by atoms with Crippen molar-refractivity contribution >= 4 is 10.8 Å². The van der Waals surface area contributed by atoms with Crippen molar-refractivity contribution in [3.05, 3.63) is 60.7 Å². The molecule has 0 heterocycles. The molecule has 0 saturated carbocycles. The van der Waals surface area contributed by atoms with E-state index < -0.39 is 0 Å². The van der Waals surface area contributed by atoms with Crippen LogP contribution in [0.2, 0.25) is 0 Å². The lowest BCUT2D eigenvalue weighted by molar-refractivity contribution is -0.298. The number of fused-ring (bicyclic) bond motifs is 1. The monoisotopic (exact) mass is 444 g/mol. The summed E-state index contributed by atoms with van der Waals surface area (Å²) < 4.78 is 22.3. The quantitative estimate of drug-likeness (QED) is 0.210. The molecule has 8 nitrogen and oxygen atoms in total. The highest BCUT2D eigenvalue weighted by Gasteiger charge is 2.08.